The number of nitrogens with zero attached hydrogens (tertiary/aromatic N) is 4. The van der Waals surface area contributed by atoms with Crippen LogP contribution in [0.4, 0.5) is 0 Å². The molecule has 1 aliphatic rings. The monoisotopic (exact) mass is 202 g/mol. The van der Waals surface area contributed by atoms with Crippen LogP contribution < -0.4 is 0 Å². The molecule has 0 amide bonds. The molecule has 0 aromatic carbocycles. The van der Waals surface area contributed by atoms with Crippen LogP contribution in [-0.4, -0.2) is 33.9 Å². The van der Waals surface area contributed by atoms with Crippen molar-refractivity contribution < 1.29 is 9.85 Å². The zero-order valence-electron chi connectivity index (χ0n) is 7.46. The normalized spacial score (nSPS) is 16.1. The molecule has 0 aromatic heterocycles. The summed E-state index contributed by atoms with van der Waals surface area (Å²) in [5.41, 5.74) is 0. The molecule has 8 heteroatoms. The number of rotatable bonds is 1. The fraction of sp³-hybridized carbons (Fsp3) is 0.833. The third kappa shape index (κ3) is 2.64. The summed E-state index contributed by atoms with van der Waals surface area (Å²) < 4.78 is 0. The molecule has 0 saturated carbocycles. The van der Waals surface area contributed by atoms with Crippen molar-refractivity contribution in [1.82, 2.24) is 5.01 Å². The van der Waals surface area contributed by atoms with E-state index in [0.29, 0.717) is 13.1 Å². The highest BCUT2D eigenvalue weighted by atomic mass is 16.7. The lowest BCUT2D eigenvalue weighted by molar-refractivity contribution is -0.504. The van der Waals surface area contributed by atoms with Gasteiger partial charge in [-0.15, -0.1) is 0 Å². The molecule has 0 aliphatic carbocycles. The second-order valence-corrected chi connectivity index (χ2v) is 2.93. The number of nitro groups is 2. The Morgan fingerprint density at radius 3 is 2.00 bits per heavy atom. The van der Waals surface area contributed by atoms with Crippen LogP contribution in [0.25, 0.3) is 0 Å². The van der Waals surface area contributed by atoms with E-state index in [1.165, 1.54) is 5.01 Å². The Kier molecular flexibility index (Phi) is 3.32. The molecule has 0 spiro atoms. The molecule has 0 bridgehead atoms. The average molecular weight is 202 g/mol. The molecule has 1 aliphatic heterocycles. The molecule has 1 rings (SSSR count). The van der Waals surface area contributed by atoms with Gasteiger partial charge in [-0.2, -0.15) is 5.01 Å². The second-order valence-electron chi connectivity index (χ2n) is 2.93. The minimum Gasteiger partial charge on any atom is -0.320 e. The summed E-state index contributed by atoms with van der Waals surface area (Å²) in [4.78, 5) is 18.3. The van der Waals surface area contributed by atoms with E-state index < -0.39 is 15.8 Å². The number of hydrogen-bond acceptors (Lipinski definition) is 6. The highest BCUT2D eigenvalue weighted by Gasteiger charge is 2.31. The third-order valence-corrected chi connectivity index (χ3v) is 1.89. The maximum atomic E-state index is 10.2. The van der Waals surface area contributed by atoms with Crippen molar-refractivity contribution >= 4 is 5.96 Å². The molecule has 1 saturated heterocycles. The van der Waals surface area contributed by atoms with Gasteiger partial charge < -0.3 is 20.2 Å². The van der Waals surface area contributed by atoms with Gasteiger partial charge in [-0.1, -0.05) is 0 Å². The lowest BCUT2D eigenvalue weighted by atomic mass is 10.2. The van der Waals surface area contributed by atoms with Crippen LogP contribution in [0.15, 0.2) is 5.10 Å². The Balaban J connectivity index is 2.70. The van der Waals surface area contributed by atoms with E-state index in [2.05, 4.69) is 5.10 Å². The van der Waals surface area contributed by atoms with Gasteiger partial charge in [-0.3, -0.25) is 0 Å². The Labute approximate surface area is 79.5 Å². The number of piperidine rings is 1. The lowest BCUT2D eigenvalue weighted by Gasteiger charge is -2.15. The summed E-state index contributed by atoms with van der Waals surface area (Å²) >= 11 is 0. The van der Waals surface area contributed by atoms with E-state index in [1.807, 2.05) is 0 Å². The van der Waals surface area contributed by atoms with Crippen LogP contribution in [0.5, 0.6) is 0 Å². The largest absolute Gasteiger partial charge is 0.698 e. The fourth-order valence-corrected chi connectivity index (χ4v) is 1.24. The van der Waals surface area contributed by atoms with Crippen molar-refractivity contribution in [1.29, 1.82) is 0 Å². The van der Waals surface area contributed by atoms with E-state index in [-0.39, 0.29) is 0 Å². The number of guanidine groups is 1. The summed E-state index contributed by atoms with van der Waals surface area (Å²) in [5, 5.41) is 25.2. The minimum absolute atomic E-state index is 0.547. The van der Waals surface area contributed by atoms with Crippen molar-refractivity contribution in [3.05, 3.63) is 20.2 Å². The van der Waals surface area contributed by atoms with Gasteiger partial charge in [-0.25, -0.2) is 0 Å². The summed E-state index contributed by atoms with van der Waals surface area (Å²) in [6, 6.07) is 0. The summed E-state index contributed by atoms with van der Waals surface area (Å²) in [6.45, 7) is 1.09. The lowest BCUT2D eigenvalue weighted by Crippen LogP contribution is -2.31. The first-order valence-electron chi connectivity index (χ1n) is 4.23. The Morgan fingerprint density at radius 2 is 1.57 bits per heavy atom. The molecular weight excluding hydrogens is 192 g/mol. The molecule has 0 N–H and O–H groups in total. The van der Waals surface area contributed by atoms with Crippen molar-refractivity contribution in [3.63, 3.8) is 0 Å². The van der Waals surface area contributed by atoms with E-state index in [0.717, 1.165) is 19.3 Å². The van der Waals surface area contributed by atoms with Gasteiger partial charge in [0.1, 0.15) is 0 Å². The smallest absolute Gasteiger partial charge is 0.320 e. The maximum Gasteiger partial charge on any atom is 0.698 e. The predicted molar refractivity (Wildman–Crippen MR) is 46.8 cm³/mol. The predicted octanol–water partition coefficient (Wildman–Crippen LogP) is 0.297. The van der Waals surface area contributed by atoms with Crippen molar-refractivity contribution in [3.8, 4) is 0 Å². The van der Waals surface area contributed by atoms with Gasteiger partial charge >= 0.3 is 5.96 Å². The van der Waals surface area contributed by atoms with Gasteiger partial charge in [-0.05, 0) is 19.3 Å². The topological polar surface area (TPSA) is 102 Å². The highest BCUT2D eigenvalue weighted by Crippen LogP contribution is 2.08. The van der Waals surface area contributed by atoms with E-state index in [1.54, 1.807) is 0 Å². The molecule has 78 valence electrons. The standard InChI is InChI=1S/C6H10N4O4/c11-9(12)6(10(13)14)7-8-4-2-1-3-5-8/h1-5H2. The van der Waals surface area contributed by atoms with Crippen molar-refractivity contribution in [2.45, 2.75) is 19.3 Å². The third-order valence-electron chi connectivity index (χ3n) is 1.89. The minimum atomic E-state index is -1.20. The zero-order chi connectivity index (χ0) is 10.6. The van der Waals surface area contributed by atoms with Gasteiger partial charge in [0.25, 0.3) is 0 Å². The first-order valence-corrected chi connectivity index (χ1v) is 4.23. The molecule has 1 fully saturated rings. The highest BCUT2D eigenvalue weighted by molar-refractivity contribution is 5.61. The first kappa shape index (κ1) is 10.4. The van der Waals surface area contributed by atoms with Gasteiger partial charge in [0.05, 0.1) is 22.9 Å². The quantitative estimate of drug-likeness (QED) is 0.263. The van der Waals surface area contributed by atoms with Crippen molar-refractivity contribution in [2.24, 2.45) is 5.10 Å². The van der Waals surface area contributed by atoms with Crippen molar-refractivity contribution in [2.75, 3.05) is 13.1 Å². The molecule has 0 radical (unpaired) electrons. The van der Waals surface area contributed by atoms with Gasteiger partial charge in [0.15, 0.2) is 5.10 Å². The zero-order valence-corrected chi connectivity index (χ0v) is 7.46. The molecule has 0 aromatic rings. The number of hydrogen-bond donors (Lipinski definition) is 0. The average Bonchev–Trinajstić information content (AvgIpc) is 2.15. The molecule has 1 heterocycles. The van der Waals surface area contributed by atoms with Gasteiger partial charge in [0, 0.05) is 0 Å². The second kappa shape index (κ2) is 4.49. The van der Waals surface area contributed by atoms with Gasteiger partial charge in [0.2, 0.25) is 0 Å². The summed E-state index contributed by atoms with van der Waals surface area (Å²) in [6.07, 6.45) is 2.77. The van der Waals surface area contributed by atoms with E-state index in [4.69, 9.17) is 0 Å². The Bertz CT molecular complexity index is 255. The van der Waals surface area contributed by atoms with E-state index >= 15 is 0 Å². The SMILES string of the molecule is O=[N+]([O-])C(=NN1CCCCC1)[N+](=O)[O-]. The van der Waals surface area contributed by atoms with Crippen LogP contribution >= 0.6 is 0 Å². The molecule has 8 nitrogen and oxygen atoms in total. The summed E-state index contributed by atoms with van der Waals surface area (Å²) in [5.74, 6) is -1.20. The molecule has 0 atom stereocenters. The van der Waals surface area contributed by atoms with E-state index in [9.17, 15) is 20.2 Å². The fourth-order valence-electron chi connectivity index (χ4n) is 1.24. The summed E-state index contributed by atoms with van der Waals surface area (Å²) in [7, 11) is 0. The molecule has 14 heavy (non-hydrogen) atoms. The van der Waals surface area contributed by atoms with Crippen LogP contribution in [0.1, 0.15) is 19.3 Å². The van der Waals surface area contributed by atoms with Crippen LogP contribution in [0, 0.1) is 20.2 Å². The van der Waals surface area contributed by atoms with Crippen LogP contribution in [0.2, 0.25) is 0 Å². The molecular formula is C6H10N4O4. The van der Waals surface area contributed by atoms with Crippen LogP contribution in [0.3, 0.4) is 0 Å². The maximum absolute atomic E-state index is 10.2. The number of hydrazone groups is 1. The Morgan fingerprint density at radius 1 is 1.07 bits per heavy atom. The first-order chi connectivity index (χ1) is 6.61. The molecule has 0 unspecified atom stereocenters. The Hall–Kier alpha value is -1.73. The van der Waals surface area contributed by atoms with Crippen LogP contribution in [-0.2, 0) is 0 Å².